The second kappa shape index (κ2) is 21.8. The van der Waals surface area contributed by atoms with Crippen LogP contribution in [0.1, 0.15) is 84.0 Å². The van der Waals surface area contributed by atoms with Crippen molar-refractivity contribution in [3.63, 3.8) is 0 Å². The molecule has 35 heavy (non-hydrogen) atoms. The number of hydrogen-bond acceptors (Lipinski definition) is 9. The average molecular weight is 537 g/mol. The van der Waals surface area contributed by atoms with Crippen LogP contribution in [0.25, 0.3) is 0 Å². The molecule has 1 saturated carbocycles. The summed E-state index contributed by atoms with van der Waals surface area (Å²) in [5.74, 6) is -0.811. The van der Waals surface area contributed by atoms with E-state index in [1.807, 2.05) is 6.08 Å². The molecular weight excluding hydrogens is 497 g/mol. The van der Waals surface area contributed by atoms with Gasteiger partial charge in [0.1, 0.15) is 5.78 Å². The van der Waals surface area contributed by atoms with Crippen molar-refractivity contribution in [2.75, 3.05) is 13.2 Å². The van der Waals surface area contributed by atoms with Crippen molar-refractivity contribution in [1.29, 1.82) is 0 Å². The Labute approximate surface area is 253 Å². The van der Waals surface area contributed by atoms with Crippen LogP contribution < -0.4 is 68.9 Å². The zero-order valence-electron chi connectivity index (χ0n) is 21.6. The van der Waals surface area contributed by atoms with E-state index < -0.39 is 20.0 Å². The number of ketones is 1. The number of esters is 1. The van der Waals surface area contributed by atoms with Gasteiger partial charge in [-0.15, -0.1) is 0 Å². The molecule has 0 amide bonds. The largest absolute Gasteiger partial charge is 1.00 e. The van der Waals surface area contributed by atoms with E-state index in [4.69, 9.17) is 4.74 Å². The Morgan fingerprint density at radius 2 is 1.80 bits per heavy atom. The Kier molecular flexibility index (Phi) is 23.7. The van der Waals surface area contributed by atoms with Crippen LogP contribution in [0.15, 0.2) is 12.2 Å². The first-order valence-corrected chi connectivity index (χ1v) is 13.5. The van der Waals surface area contributed by atoms with Gasteiger partial charge in [-0.3, -0.25) is 9.59 Å². The maximum absolute atomic E-state index is 12.3. The van der Waals surface area contributed by atoms with Gasteiger partial charge in [0.05, 0.1) is 33.2 Å². The molecule has 0 spiro atoms. The number of aliphatic hydroxyl groups is 2. The number of carbonyl (C=O) groups is 2. The smallest absolute Gasteiger partial charge is 0.790 e. The number of ether oxygens (including phenoxy) is 1. The fourth-order valence-electron chi connectivity index (χ4n) is 4.03. The molecule has 0 aromatic rings. The monoisotopic (exact) mass is 536 g/mol. The van der Waals surface area contributed by atoms with Crippen LogP contribution >= 0.6 is 7.82 Å². The number of phosphoric acid groups is 1. The van der Waals surface area contributed by atoms with Crippen molar-refractivity contribution >= 4 is 19.6 Å². The van der Waals surface area contributed by atoms with E-state index in [1.165, 1.54) is 0 Å². The Morgan fingerprint density at radius 3 is 2.46 bits per heavy atom. The maximum atomic E-state index is 12.3. The molecular formula is C23H39Na2O9P. The Bertz CT molecular complexity index is 657. The van der Waals surface area contributed by atoms with Gasteiger partial charge in [0.25, 0.3) is 0 Å². The van der Waals surface area contributed by atoms with Crippen LogP contribution in [0.5, 0.6) is 0 Å². The van der Waals surface area contributed by atoms with Crippen molar-refractivity contribution in [2.24, 2.45) is 11.8 Å². The predicted octanol–water partition coefficient (Wildman–Crippen LogP) is -3.82. The Hall–Kier alpha value is 0.910. The first-order chi connectivity index (χ1) is 15.6. The number of carbonyl (C=O) groups excluding carboxylic acids is 2. The van der Waals surface area contributed by atoms with E-state index in [2.05, 4.69) is 11.4 Å². The third-order valence-corrected chi connectivity index (χ3v) is 6.34. The van der Waals surface area contributed by atoms with Gasteiger partial charge < -0.3 is 33.8 Å². The van der Waals surface area contributed by atoms with Gasteiger partial charge in [0.2, 0.25) is 0 Å². The number of phosphoric ester groups is 1. The van der Waals surface area contributed by atoms with Crippen LogP contribution in [0.3, 0.4) is 0 Å². The van der Waals surface area contributed by atoms with Gasteiger partial charge in [-0.05, 0) is 19.3 Å². The van der Waals surface area contributed by atoms with Gasteiger partial charge in [-0.1, -0.05) is 57.6 Å². The van der Waals surface area contributed by atoms with Crippen molar-refractivity contribution in [1.82, 2.24) is 0 Å². The first-order valence-electron chi connectivity index (χ1n) is 12.0. The maximum Gasteiger partial charge on any atom is 1.00 e. The number of Topliss-reactive ketones (excluding diaryl/α,β-unsaturated/α-hetero) is 1. The molecule has 1 aliphatic rings. The first kappa shape index (κ1) is 38.1. The normalized spacial score (nSPS) is 20.9. The predicted molar refractivity (Wildman–Crippen MR) is 119 cm³/mol. The minimum atomic E-state index is -4.98. The summed E-state index contributed by atoms with van der Waals surface area (Å²) in [6, 6.07) is 0. The number of unbranched alkanes of at least 4 members (excludes halogenated alkanes) is 5. The quantitative estimate of drug-likeness (QED) is 0.0589. The van der Waals surface area contributed by atoms with Crippen LogP contribution in [-0.2, 0) is 23.4 Å². The standard InChI is InChI=1S/C23H41O9P.2Na/c1-2-3-6-10-18(24)13-14-20-19(21(25)17-22(20)26)11-7-4-5-8-12-23(27)31-15-9-16-32-33(28,29)30;;/h13-14,18-20,22,24,26H,2-12,15-17H2,1H3,(H2,28,29,30);;/q;2*+1/p-2/b14-13+;;/t18-,19+,20+,22+;;/m0../s1. The molecule has 192 valence electrons. The molecule has 1 rings (SSSR count). The molecule has 1 aliphatic carbocycles. The molecule has 4 atom stereocenters. The van der Waals surface area contributed by atoms with Crippen LogP contribution in [0.4, 0.5) is 0 Å². The molecule has 0 heterocycles. The third-order valence-electron chi connectivity index (χ3n) is 5.84. The van der Waals surface area contributed by atoms with Crippen LogP contribution in [0.2, 0.25) is 0 Å². The minimum Gasteiger partial charge on any atom is -0.790 e. The van der Waals surface area contributed by atoms with Gasteiger partial charge in [0.15, 0.2) is 0 Å². The molecule has 0 radical (unpaired) electrons. The molecule has 0 bridgehead atoms. The number of rotatable bonds is 18. The van der Waals surface area contributed by atoms with Gasteiger partial charge in [-0.2, -0.15) is 0 Å². The summed E-state index contributed by atoms with van der Waals surface area (Å²) in [7, 11) is -4.98. The van der Waals surface area contributed by atoms with Gasteiger partial charge >= 0.3 is 65.1 Å². The third kappa shape index (κ3) is 18.7. The summed E-state index contributed by atoms with van der Waals surface area (Å²) in [6.07, 6.45) is 10.4. The van der Waals surface area contributed by atoms with Crippen molar-refractivity contribution in [3.05, 3.63) is 12.2 Å². The second-order valence-corrected chi connectivity index (χ2v) is 9.83. The van der Waals surface area contributed by atoms with Crippen molar-refractivity contribution in [3.8, 4) is 0 Å². The van der Waals surface area contributed by atoms with Crippen molar-refractivity contribution in [2.45, 2.75) is 96.2 Å². The Morgan fingerprint density at radius 1 is 1.11 bits per heavy atom. The minimum absolute atomic E-state index is 0. The summed E-state index contributed by atoms with van der Waals surface area (Å²) in [5, 5.41) is 20.3. The van der Waals surface area contributed by atoms with Crippen LogP contribution in [0, 0.1) is 11.8 Å². The van der Waals surface area contributed by atoms with Crippen LogP contribution in [-0.4, -0.2) is 47.4 Å². The SMILES string of the molecule is CCCCC[C@H](O)/C=C/[C@H]1[C@H](O)CC(=O)[C@@H]1CCCCCCC(=O)OCCCOP(=O)([O-])[O-].[Na+].[Na+]. The van der Waals surface area contributed by atoms with E-state index in [9.17, 15) is 34.2 Å². The second-order valence-electron chi connectivity index (χ2n) is 8.68. The Balaban J connectivity index is 0. The molecule has 0 aromatic heterocycles. The molecule has 2 N–H and O–H groups in total. The molecule has 1 fully saturated rings. The summed E-state index contributed by atoms with van der Waals surface area (Å²) < 4.78 is 19.3. The van der Waals surface area contributed by atoms with Gasteiger partial charge in [-0.25, -0.2) is 0 Å². The topological polar surface area (TPSA) is 156 Å². The number of aliphatic hydroxyl groups excluding tert-OH is 2. The van der Waals surface area contributed by atoms with E-state index in [1.54, 1.807) is 6.08 Å². The molecule has 0 aromatic carbocycles. The molecule has 0 unspecified atom stereocenters. The van der Waals surface area contributed by atoms with E-state index in [0.29, 0.717) is 19.3 Å². The molecule has 0 aliphatic heterocycles. The van der Waals surface area contributed by atoms with Gasteiger partial charge in [0, 0.05) is 31.1 Å². The zero-order valence-corrected chi connectivity index (χ0v) is 26.5. The molecule has 12 heteroatoms. The summed E-state index contributed by atoms with van der Waals surface area (Å²) in [6.45, 7) is 1.79. The fourth-order valence-corrected chi connectivity index (χ4v) is 4.38. The summed E-state index contributed by atoms with van der Waals surface area (Å²) in [4.78, 5) is 44.5. The summed E-state index contributed by atoms with van der Waals surface area (Å²) >= 11 is 0. The fraction of sp³-hybridized carbons (Fsp3) is 0.826. The van der Waals surface area contributed by atoms with Crippen molar-refractivity contribution < 1.29 is 103 Å². The van der Waals surface area contributed by atoms with E-state index >= 15 is 0 Å². The zero-order chi connectivity index (χ0) is 24.7. The van der Waals surface area contributed by atoms with E-state index in [-0.39, 0.29) is 115 Å². The molecule has 0 saturated heterocycles. The number of hydrogen-bond donors (Lipinski definition) is 2. The average Bonchev–Trinajstić information content (AvgIpc) is 3.00. The van der Waals surface area contributed by atoms with E-state index in [0.717, 1.165) is 38.5 Å². The molecule has 9 nitrogen and oxygen atoms in total. The summed E-state index contributed by atoms with van der Waals surface area (Å²) in [5.41, 5.74) is 0.